The number of unbranched alkanes of at least 4 members (excludes halogenated alkanes) is 2. The van der Waals surface area contributed by atoms with Crippen LogP contribution in [0.3, 0.4) is 0 Å². The Hall–Kier alpha value is -1.42. The van der Waals surface area contributed by atoms with Crippen LogP contribution in [0.25, 0.3) is 0 Å². The maximum Gasteiger partial charge on any atom is 0.183 e. The second kappa shape index (κ2) is 11.3. The Kier molecular flexibility index (Phi) is 8.73. The lowest BCUT2D eigenvalue weighted by Gasteiger charge is -2.43. The predicted molar refractivity (Wildman–Crippen MR) is 141 cm³/mol. The molecule has 0 unspecified atom stereocenters. The van der Waals surface area contributed by atoms with E-state index in [2.05, 4.69) is 123 Å². The number of hydrogen-bond acceptors (Lipinski definition) is 2. The van der Waals surface area contributed by atoms with Gasteiger partial charge in [0.1, 0.15) is 0 Å². The summed E-state index contributed by atoms with van der Waals surface area (Å²) in [5.41, 5.74) is 0. The summed E-state index contributed by atoms with van der Waals surface area (Å²) in [5, 5.41) is 3.34. The zero-order valence-electron chi connectivity index (χ0n) is 18.5. The summed E-state index contributed by atoms with van der Waals surface area (Å²) in [6, 6.07) is 33.4. The molecule has 0 spiro atoms. The third-order valence-corrected chi connectivity index (χ3v) is 17.1. The molecule has 0 bridgehead atoms. The largest absolute Gasteiger partial charge is 0.183 e. The summed E-state index contributed by atoms with van der Waals surface area (Å²) in [6.07, 6.45) is 3.90. The average molecular weight is 451 g/mol. The maximum atomic E-state index is 2.45. The van der Waals surface area contributed by atoms with Gasteiger partial charge >= 0.3 is 0 Å². The molecule has 3 rings (SSSR count). The smallest absolute Gasteiger partial charge is 0.173 e. The molecule has 0 amide bonds. The molecule has 0 aliphatic carbocycles. The lowest BCUT2D eigenvalue weighted by molar-refractivity contribution is 0.744. The maximum absolute atomic E-state index is 2.45. The zero-order chi connectivity index (χ0) is 21.3. The summed E-state index contributed by atoms with van der Waals surface area (Å²) >= 11 is 4.25. The summed E-state index contributed by atoms with van der Waals surface area (Å²) < 4.78 is 0. The van der Waals surface area contributed by atoms with Crippen molar-refractivity contribution in [1.29, 1.82) is 0 Å². The van der Waals surface area contributed by atoms with Crippen LogP contribution < -0.4 is 10.4 Å². The van der Waals surface area contributed by atoms with Gasteiger partial charge in [0.05, 0.1) is 0 Å². The van der Waals surface area contributed by atoms with Crippen LogP contribution in [0.15, 0.2) is 95.9 Å². The number of rotatable bonds is 10. The van der Waals surface area contributed by atoms with E-state index >= 15 is 0 Å². The van der Waals surface area contributed by atoms with E-state index in [1.165, 1.54) is 35.7 Å². The fraction of sp³-hybridized carbons (Fsp3) is 0.333. The third kappa shape index (κ3) is 5.84. The van der Waals surface area contributed by atoms with Gasteiger partial charge in [0.2, 0.25) is 0 Å². The van der Waals surface area contributed by atoms with Crippen LogP contribution >= 0.6 is 23.0 Å². The normalized spacial score (nSPS) is 12.1. The number of benzene rings is 3. The van der Waals surface area contributed by atoms with E-state index in [0.29, 0.717) is 0 Å². The van der Waals surface area contributed by atoms with Gasteiger partial charge in [-0.05, 0) is 51.9 Å². The van der Waals surface area contributed by atoms with Crippen LogP contribution in [-0.2, 0) is 0 Å². The Morgan fingerprint density at radius 1 is 0.600 bits per heavy atom. The number of thioether (sulfide) groups is 1. The van der Waals surface area contributed by atoms with Crippen molar-refractivity contribution in [2.24, 2.45) is 0 Å². The van der Waals surface area contributed by atoms with Gasteiger partial charge < -0.3 is 0 Å². The van der Waals surface area contributed by atoms with Crippen LogP contribution in [-0.4, -0.2) is 18.7 Å². The van der Waals surface area contributed by atoms with E-state index in [1.54, 1.807) is 10.4 Å². The fourth-order valence-electron chi connectivity index (χ4n) is 4.07. The minimum absolute atomic E-state index is 0.240. The molecular formula is C27H34S2Si. The average Bonchev–Trinajstić information content (AvgIpc) is 2.77. The molecule has 0 aliphatic heterocycles. The van der Waals surface area contributed by atoms with Crippen LogP contribution in [0.4, 0.5) is 0 Å². The molecule has 30 heavy (non-hydrogen) atoms. The summed E-state index contributed by atoms with van der Waals surface area (Å²) in [6.45, 7) is 7.34. The minimum Gasteiger partial charge on any atom is -0.173 e. The third-order valence-electron chi connectivity index (χ3n) is 5.54. The Balaban J connectivity index is 1.65. The van der Waals surface area contributed by atoms with Crippen molar-refractivity contribution in [3.8, 4) is 0 Å². The van der Waals surface area contributed by atoms with Gasteiger partial charge in [-0.2, -0.15) is 11.2 Å². The molecule has 0 aromatic heterocycles. The van der Waals surface area contributed by atoms with Crippen molar-refractivity contribution in [3.05, 3.63) is 91.0 Å². The van der Waals surface area contributed by atoms with Crippen molar-refractivity contribution in [2.75, 3.05) is 11.5 Å². The Bertz CT molecular complexity index is 818. The molecule has 0 radical (unpaired) electrons. The molecule has 3 heteroatoms. The van der Waals surface area contributed by atoms with Crippen LogP contribution in [0, 0.1) is 0 Å². The van der Waals surface area contributed by atoms with Gasteiger partial charge in [0, 0.05) is 4.90 Å². The quantitative estimate of drug-likeness (QED) is 0.181. The first-order valence-electron chi connectivity index (χ1n) is 11.0. The van der Waals surface area contributed by atoms with Gasteiger partial charge in [0.15, 0.2) is 7.22 Å². The summed E-state index contributed by atoms with van der Waals surface area (Å²) in [7, 11) is -1.96. The van der Waals surface area contributed by atoms with Crippen molar-refractivity contribution in [3.63, 3.8) is 0 Å². The van der Waals surface area contributed by atoms with E-state index in [0.717, 1.165) is 0 Å². The zero-order valence-corrected chi connectivity index (χ0v) is 21.1. The predicted octanol–water partition coefficient (Wildman–Crippen LogP) is 7.24. The lowest BCUT2D eigenvalue weighted by Crippen LogP contribution is -2.62. The Morgan fingerprint density at radius 2 is 1.07 bits per heavy atom. The lowest BCUT2D eigenvalue weighted by atomic mass is 10.2. The fourth-order valence-corrected chi connectivity index (χ4v) is 14.3. The van der Waals surface area contributed by atoms with Crippen molar-refractivity contribution in [2.45, 2.75) is 50.0 Å². The monoisotopic (exact) mass is 450 g/mol. The molecule has 0 N–H and O–H groups in total. The standard InChI is InChI=1S/C27H34S2Si/c1-27(2,3)30(25-18-10-5-11-19-25,26-20-12-6-13-21-26)29-23-15-7-14-22-28-24-16-8-4-9-17-24/h4-6,8-13,16-21H,7,14-15,22-23H2,1-3H3. The van der Waals surface area contributed by atoms with E-state index in [-0.39, 0.29) is 5.04 Å². The first-order chi connectivity index (χ1) is 14.5. The first kappa shape index (κ1) is 23.2. The highest BCUT2D eigenvalue weighted by Gasteiger charge is 2.48. The van der Waals surface area contributed by atoms with Gasteiger partial charge in [-0.1, -0.05) is 106 Å². The van der Waals surface area contributed by atoms with E-state index in [9.17, 15) is 0 Å². The van der Waals surface area contributed by atoms with Gasteiger partial charge in [-0.3, -0.25) is 0 Å². The van der Waals surface area contributed by atoms with Gasteiger partial charge in [-0.15, -0.1) is 11.8 Å². The van der Waals surface area contributed by atoms with Crippen LogP contribution in [0.2, 0.25) is 5.04 Å². The van der Waals surface area contributed by atoms with Crippen LogP contribution in [0.1, 0.15) is 40.0 Å². The second-order valence-corrected chi connectivity index (χ2v) is 17.3. The molecule has 0 aliphatic rings. The van der Waals surface area contributed by atoms with Crippen molar-refractivity contribution >= 4 is 40.6 Å². The molecule has 0 fully saturated rings. The highest BCUT2D eigenvalue weighted by molar-refractivity contribution is 8.32. The first-order valence-corrected chi connectivity index (χ1v) is 15.7. The van der Waals surface area contributed by atoms with E-state index < -0.39 is 7.22 Å². The van der Waals surface area contributed by atoms with E-state index in [4.69, 9.17) is 0 Å². The molecule has 0 nitrogen and oxygen atoms in total. The highest BCUT2D eigenvalue weighted by Crippen LogP contribution is 2.43. The summed E-state index contributed by atoms with van der Waals surface area (Å²) in [4.78, 5) is 1.39. The second-order valence-electron chi connectivity index (χ2n) is 8.73. The van der Waals surface area contributed by atoms with Gasteiger partial charge in [0.25, 0.3) is 0 Å². The highest BCUT2D eigenvalue weighted by atomic mass is 32.4. The molecule has 3 aromatic rings. The molecule has 0 heterocycles. The number of hydrogen-bond donors (Lipinski definition) is 0. The molecule has 158 valence electrons. The minimum atomic E-state index is -1.96. The molecule has 0 saturated carbocycles. The van der Waals surface area contributed by atoms with Crippen molar-refractivity contribution < 1.29 is 0 Å². The Labute approximate surface area is 192 Å². The van der Waals surface area contributed by atoms with Crippen LogP contribution in [0.5, 0.6) is 0 Å². The molecule has 0 saturated heterocycles. The summed E-state index contributed by atoms with van der Waals surface area (Å²) in [5.74, 6) is 2.46. The Morgan fingerprint density at radius 3 is 1.57 bits per heavy atom. The van der Waals surface area contributed by atoms with Crippen molar-refractivity contribution in [1.82, 2.24) is 0 Å². The molecular weight excluding hydrogens is 417 g/mol. The van der Waals surface area contributed by atoms with E-state index in [1.807, 2.05) is 11.8 Å². The van der Waals surface area contributed by atoms with Gasteiger partial charge in [-0.25, -0.2) is 0 Å². The topological polar surface area (TPSA) is 0 Å². The molecule has 3 aromatic carbocycles. The SMILES string of the molecule is CC(C)(C)[Si](SCCCCCSc1ccccc1)(c1ccccc1)c1ccccc1. The molecule has 0 atom stereocenters.